The molecule has 0 aliphatic heterocycles. The van der Waals surface area contributed by atoms with Gasteiger partial charge in [-0.05, 0) is 31.9 Å². The van der Waals surface area contributed by atoms with Gasteiger partial charge in [-0.15, -0.1) is 0 Å². The third kappa shape index (κ3) is 6.97. The van der Waals surface area contributed by atoms with Crippen LogP contribution in [0.1, 0.15) is 60.3 Å². The number of nitrogens with zero attached hydrogens (tertiary/aromatic N) is 1. The van der Waals surface area contributed by atoms with Crippen molar-refractivity contribution in [1.82, 2.24) is 10.3 Å². The summed E-state index contributed by atoms with van der Waals surface area (Å²) < 4.78 is 37.6. The van der Waals surface area contributed by atoms with Gasteiger partial charge in [-0.3, -0.25) is 9.59 Å². The molecule has 0 bridgehead atoms. The minimum absolute atomic E-state index is 0.0380. The molecule has 0 aliphatic rings. The zero-order chi connectivity index (χ0) is 18.2. The fourth-order valence-electron chi connectivity index (χ4n) is 2.19. The minimum atomic E-state index is -4.53. The summed E-state index contributed by atoms with van der Waals surface area (Å²) in [7, 11) is 0. The number of alkyl halides is 3. The van der Waals surface area contributed by atoms with E-state index in [2.05, 4.69) is 10.3 Å². The summed E-state index contributed by atoms with van der Waals surface area (Å²) in [6.07, 6.45) is -0.447. The van der Waals surface area contributed by atoms with E-state index in [1.54, 1.807) is 0 Å². The van der Waals surface area contributed by atoms with E-state index in [0.717, 1.165) is 37.8 Å². The van der Waals surface area contributed by atoms with E-state index in [1.807, 2.05) is 0 Å². The van der Waals surface area contributed by atoms with E-state index in [0.29, 0.717) is 13.0 Å². The molecule has 134 valence electrons. The fraction of sp³-hybridized carbons (Fsp3) is 0.562. The van der Waals surface area contributed by atoms with E-state index in [-0.39, 0.29) is 17.7 Å². The third-order valence-electron chi connectivity index (χ3n) is 3.47. The van der Waals surface area contributed by atoms with Crippen LogP contribution in [0.4, 0.5) is 13.2 Å². The second-order valence-corrected chi connectivity index (χ2v) is 5.49. The SMILES string of the molecule is Cc1nc(C(F)(F)F)ccc1C(=O)NCCCCCCCC(=O)O. The van der Waals surface area contributed by atoms with Gasteiger partial charge in [0.2, 0.25) is 0 Å². The first kappa shape index (κ1) is 19.9. The number of nitrogens with one attached hydrogen (secondary N) is 1. The number of aromatic nitrogens is 1. The topological polar surface area (TPSA) is 79.3 Å². The highest BCUT2D eigenvalue weighted by atomic mass is 19.4. The summed E-state index contributed by atoms with van der Waals surface area (Å²) in [5, 5.41) is 11.1. The normalized spacial score (nSPS) is 11.3. The highest BCUT2D eigenvalue weighted by molar-refractivity contribution is 5.95. The Hall–Kier alpha value is -2.12. The number of unbranched alkanes of at least 4 members (excludes halogenated alkanes) is 4. The van der Waals surface area contributed by atoms with Crippen molar-refractivity contribution in [2.24, 2.45) is 0 Å². The number of amides is 1. The molecule has 0 radical (unpaired) electrons. The molecular weight excluding hydrogens is 325 g/mol. The lowest BCUT2D eigenvalue weighted by Gasteiger charge is -2.10. The Bertz CT molecular complexity index is 574. The standard InChI is InChI=1S/C16H21F3N2O3/c1-11-12(8-9-13(21-11)16(17,18)19)15(24)20-10-6-4-2-3-5-7-14(22)23/h8-9H,2-7,10H2,1H3,(H,20,24)(H,22,23). The molecule has 1 heterocycles. The van der Waals surface area contributed by atoms with Gasteiger partial charge in [-0.2, -0.15) is 13.2 Å². The number of carboxylic acids is 1. The number of aryl methyl sites for hydroxylation is 1. The van der Waals surface area contributed by atoms with Crippen LogP contribution in [0.5, 0.6) is 0 Å². The van der Waals surface area contributed by atoms with Crippen molar-refractivity contribution >= 4 is 11.9 Å². The largest absolute Gasteiger partial charge is 0.481 e. The number of rotatable bonds is 9. The molecule has 24 heavy (non-hydrogen) atoms. The van der Waals surface area contributed by atoms with Crippen LogP contribution in [0.25, 0.3) is 0 Å². The molecule has 1 rings (SSSR count). The average Bonchev–Trinajstić information content (AvgIpc) is 2.48. The Morgan fingerprint density at radius 3 is 2.33 bits per heavy atom. The first-order chi connectivity index (χ1) is 11.2. The smallest absolute Gasteiger partial charge is 0.433 e. The number of hydrogen-bond donors (Lipinski definition) is 2. The zero-order valence-corrected chi connectivity index (χ0v) is 13.4. The lowest BCUT2D eigenvalue weighted by atomic mass is 10.1. The van der Waals surface area contributed by atoms with E-state index in [1.165, 1.54) is 6.92 Å². The Balaban J connectivity index is 2.32. The number of carbonyl (C=O) groups is 2. The van der Waals surface area contributed by atoms with Gasteiger partial charge < -0.3 is 10.4 Å². The molecule has 8 heteroatoms. The first-order valence-corrected chi connectivity index (χ1v) is 7.76. The quantitative estimate of drug-likeness (QED) is 0.670. The van der Waals surface area contributed by atoms with Crippen LogP contribution in [-0.2, 0) is 11.0 Å². The predicted octanol–water partition coefficient (Wildman–Crippen LogP) is 3.56. The lowest BCUT2D eigenvalue weighted by Crippen LogP contribution is -2.26. The molecule has 0 unspecified atom stereocenters. The zero-order valence-electron chi connectivity index (χ0n) is 13.4. The first-order valence-electron chi connectivity index (χ1n) is 7.76. The lowest BCUT2D eigenvalue weighted by molar-refractivity contribution is -0.141. The van der Waals surface area contributed by atoms with Crippen molar-refractivity contribution in [3.8, 4) is 0 Å². The summed E-state index contributed by atoms with van der Waals surface area (Å²) in [6.45, 7) is 1.78. The van der Waals surface area contributed by atoms with Crippen LogP contribution in [0, 0.1) is 6.92 Å². The summed E-state index contributed by atoms with van der Waals surface area (Å²) in [4.78, 5) is 25.7. The molecule has 2 N–H and O–H groups in total. The van der Waals surface area contributed by atoms with Crippen LogP contribution in [0.2, 0.25) is 0 Å². The van der Waals surface area contributed by atoms with Crippen molar-refractivity contribution in [2.75, 3.05) is 6.54 Å². The molecule has 5 nitrogen and oxygen atoms in total. The summed E-state index contributed by atoms with van der Waals surface area (Å²) in [5.41, 5.74) is -0.849. The van der Waals surface area contributed by atoms with Gasteiger partial charge in [0.05, 0.1) is 11.3 Å². The maximum Gasteiger partial charge on any atom is 0.433 e. The molecule has 0 aliphatic carbocycles. The molecule has 0 fully saturated rings. The molecule has 1 aromatic heterocycles. The van der Waals surface area contributed by atoms with Gasteiger partial charge in [-0.1, -0.05) is 19.3 Å². The summed E-state index contributed by atoms with van der Waals surface area (Å²) in [5.74, 6) is -1.25. The van der Waals surface area contributed by atoms with Crippen LogP contribution < -0.4 is 5.32 Å². The Morgan fingerprint density at radius 2 is 1.75 bits per heavy atom. The number of carbonyl (C=O) groups excluding carboxylic acids is 1. The monoisotopic (exact) mass is 346 g/mol. The van der Waals surface area contributed by atoms with E-state index >= 15 is 0 Å². The molecule has 0 aromatic carbocycles. The molecule has 0 saturated carbocycles. The molecule has 0 atom stereocenters. The van der Waals surface area contributed by atoms with Gasteiger partial charge in [-0.25, -0.2) is 4.98 Å². The number of pyridine rings is 1. The van der Waals surface area contributed by atoms with E-state index in [9.17, 15) is 22.8 Å². The highest BCUT2D eigenvalue weighted by Gasteiger charge is 2.33. The van der Waals surface area contributed by atoms with E-state index < -0.39 is 23.7 Å². The van der Waals surface area contributed by atoms with Gasteiger partial charge in [0.1, 0.15) is 5.69 Å². The average molecular weight is 346 g/mol. The van der Waals surface area contributed by atoms with Gasteiger partial charge in [0.15, 0.2) is 0 Å². The molecule has 0 saturated heterocycles. The summed E-state index contributed by atoms with van der Waals surface area (Å²) in [6, 6.07) is 1.93. The third-order valence-corrected chi connectivity index (χ3v) is 3.47. The van der Waals surface area contributed by atoms with Crippen LogP contribution in [-0.4, -0.2) is 28.5 Å². The van der Waals surface area contributed by atoms with Crippen LogP contribution in [0.15, 0.2) is 12.1 Å². The second-order valence-electron chi connectivity index (χ2n) is 5.49. The number of halogens is 3. The maximum atomic E-state index is 12.5. The van der Waals surface area contributed by atoms with Crippen LogP contribution in [0.3, 0.4) is 0 Å². The van der Waals surface area contributed by atoms with Crippen molar-refractivity contribution < 1.29 is 27.9 Å². The Morgan fingerprint density at radius 1 is 1.12 bits per heavy atom. The maximum absolute atomic E-state index is 12.5. The highest BCUT2D eigenvalue weighted by Crippen LogP contribution is 2.28. The van der Waals surface area contributed by atoms with Crippen molar-refractivity contribution in [1.29, 1.82) is 0 Å². The molecule has 0 spiro atoms. The van der Waals surface area contributed by atoms with Crippen molar-refractivity contribution in [3.05, 3.63) is 29.1 Å². The Kier molecular flexibility index (Phi) is 7.67. The predicted molar refractivity (Wildman–Crippen MR) is 81.6 cm³/mol. The van der Waals surface area contributed by atoms with Gasteiger partial charge in [0.25, 0.3) is 5.91 Å². The van der Waals surface area contributed by atoms with Gasteiger partial charge in [0, 0.05) is 13.0 Å². The van der Waals surface area contributed by atoms with Crippen LogP contribution >= 0.6 is 0 Å². The minimum Gasteiger partial charge on any atom is -0.481 e. The number of carboxylic acid groups (broad SMARTS) is 1. The Labute approximate surface area is 138 Å². The molecule has 1 amide bonds. The summed E-state index contributed by atoms with van der Waals surface area (Å²) >= 11 is 0. The second kappa shape index (κ2) is 9.24. The van der Waals surface area contributed by atoms with Crippen molar-refractivity contribution in [2.45, 2.75) is 51.6 Å². The van der Waals surface area contributed by atoms with Crippen molar-refractivity contribution in [3.63, 3.8) is 0 Å². The molecule has 1 aromatic rings. The fourth-order valence-corrected chi connectivity index (χ4v) is 2.19. The van der Waals surface area contributed by atoms with E-state index in [4.69, 9.17) is 5.11 Å². The van der Waals surface area contributed by atoms with Gasteiger partial charge >= 0.3 is 12.1 Å². The number of hydrogen-bond acceptors (Lipinski definition) is 3. The molecular formula is C16H21F3N2O3. The number of aliphatic carboxylic acids is 1.